The summed E-state index contributed by atoms with van der Waals surface area (Å²) < 4.78 is 5.32. The van der Waals surface area contributed by atoms with Crippen molar-refractivity contribution < 1.29 is 9.53 Å². The summed E-state index contributed by atoms with van der Waals surface area (Å²) in [6, 6.07) is 5.69. The number of nitrogens with one attached hydrogen (secondary N) is 2. The van der Waals surface area contributed by atoms with E-state index in [1.54, 1.807) is 11.3 Å². The number of carbonyl (C=O) groups is 1. The molecule has 0 fully saturated rings. The van der Waals surface area contributed by atoms with Crippen molar-refractivity contribution in [1.29, 1.82) is 0 Å². The molecule has 5 nitrogen and oxygen atoms in total. The van der Waals surface area contributed by atoms with E-state index >= 15 is 0 Å². The van der Waals surface area contributed by atoms with Crippen molar-refractivity contribution in [3.05, 3.63) is 34.3 Å². The summed E-state index contributed by atoms with van der Waals surface area (Å²) in [6.07, 6.45) is 2.87. The molecule has 0 atom stereocenters. The summed E-state index contributed by atoms with van der Waals surface area (Å²) in [5.41, 5.74) is 1.66. The van der Waals surface area contributed by atoms with Gasteiger partial charge in [-0.15, -0.1) is 11.3 Å². The average Bonchev–Trinajstić information content (AvgIpc) is 2.92. The molecule has 1 aliphatic heterocycles. The van der Waals surface area contributed by atoms with Crippen LogP contribution in [0.1, 0.15) is 16.8 Å². The Morgan fingerprint density at radius 3 is 3.20 bits per heavy atom. The summed E-state index contributed by atoms with van der Waals surface area (Å²) in [5.74, 6) is 0.589. The predicted octanol–water partition coefficient (Wildman–Crippen LogP) is 2.65. The third-order valence-electron chi connectivity index (χ3n) is 2.98. The van der Waals surface area contributed by atoms with Crippen molar-refractivity contribution in [1.82, 2.24) is 4.98 Å². The zero-order valence-corrected chi connectivity index (χ0v) is 11.9. The van der Waals surface area contributed by atoms with E-state index in [9.17, 15) is 4.79 Å². The molecule has 1 aromatic carbocycles. The Morgan fingerprint density at radius 2 is 2.40 bits per heavy atom. The highest BCUT2D eigenvalue weighted by Crippen LogP contribution is 2.30. The van der Waals surface area contributed by atoms with Gasteiger partial charge in [0, 0.05) is 16.8 Å². The van der Waals surface area contributed by atoms with Crippen LogP contribution in [0, 0.1) is 0 Å². The van der Waals surface area contributed by atoms with E-state index < -0.39 is 0 Å². The molecule has 2 aromatic rings. The third-order valence-corrected chi connectivity index (χ3v) is 4.12. The monoisotopic (exact) mass is 289 g/mol. The minimum absolute atomic E-state index is 0.0838. The lowest BCUT2D eigenvalue weighted by atomic mass is 10.2. The number of carbonyl (C=O) groups excluding carboxylic acids is 1. The number of hydrogen-bond acceptors (Lipinski definition) is 5. The molecule has 1 aliphatic rings. The van der Waals surface area contributed by atoms with E-state index in [4.69, 9.17) is 4.74 Å². The number of anilines is 2. The minimum atomic E-state index is -0.121. The number of aryl methyl sites for hydroxylation is 1. The van der Waals surface area contributed by atoms with E-state index in [2.05, 4.69) is 22.5 Å². The molecular weight excluding hydrogens is 274 g/mol. The van der Waals surface area contributed by atoms with Crippen LogP contribution in [0.25, 0.3) is 0 Å². The van der Waals surface area contributed by atoms with Crippen LogP contribution in [0.2, 0.25) is 0 Å². The Hall–Kier alpha value is -2.08. The minimum Gasteiger partial charge on any atom is -0.482 e. The lowest BCUT2D eigenvalue weighted by molar-refractivity contribution is -0.118. The van der Waals surface area contributed by atoms with Crippen molar-refractivity contribution in [2.24, 2.45) is 0 Å². The number of benzene rings is 1. The average molecular weight is 289 g/mol. The number of amides is 1. The van der Waals surface area contributed by atoms with Crippen LogP contribution in [0.5, 0.6) is 5.75 Å². The largest absolute Gasteiger partial charge is 0.482 e. The predicted molar refractivity (Wildman–Crippen MR) is 79.4 cm³/mol. The maximum absolute atomic E-state index is 11.3. The molecular formula is C14H15N3O2S. The van der Waals surface area contributed by atoms with Crippen LogP contribution in [0.15, 0.2) is 24.4 Å². The fourth-order valence-corrected chi connectivity index (χ4v) is 2.78. The zero-order valence-electron chi connectivity index (χ0n) is 11.1. The highest BCUT2D eigenvalue weighted by atomic mass is 32.1. The van der Waals surface area contributed by atoms with Crippen LogP contribution in [0.4, 0.5) is 11.4 Å². The van der Waals surface area contributed by atoms with Gasteiger partial charge in [-0.2, -0.15) is 0 Å². The lowest BCUT2D eigenvalue weighted by Crippen LogP contribution is -2.25. The van der Waals surface area contributed by atoms with Gasteiger partial charge in [0.25, 0.3) is 5.91 Å². The number of thiazole rings is 1. The van der Waals surface area contributed by atoms with Crippen LogP contribution in [-0.2, 0) is 17.8 Å². The van der Waals surface area contributed by atoms with Gasteiger partial charge in [-0.3, -0.25) is 4.79 Å². The second kappa shape index (κ2) is 5.50. The summed E-state index contributed by atoms with van der Waals surface area (Å²) in [4.78, 5) is 16.8. The van der Waals surface area contributed by atoms with Crippen LogP contribution in [0.3, 0.4) is 0 Å². The summed E-state index contributed by atoms with van der Waals surface area (Å²) in [7, 11) is 0. The molecule has 0 saturated carbocycles. The lowest BCUT2D eigenvalue weighted by Gasteiger charge is -2.18. The van der Waals surface area contributed by atoms with Gasteiger partial charge in [-0.25, -0.2) is 4.98 Å². The number of fused-ring (bicyclic) bond motifs is 1. The van der Waals surface area contributed by atoms with Crippen LogP contribution < -0.4 is 15.4 Å². The second-order valence-corrected chi connectivity index (χ2v) is 5.67. The third kappa shape index (κ3) is 2.75. The smallest absolute Gasteiger partial charge is 0.262 e. The maximum Gasteiger partial charge on any atom is 0.262 e. The van der Waals surface area contributed by atoms with Gasteiger partial charge in [0.2, 0.25) is 0 Å². The SMILES string of the molecule is CCc1ncc(CNc2ccc3c(c2)NC(=O)CO3)s1. The molecule has 0 saturated heterocycles. The highest BCUT2D eigenvalue weighted by Gasteiger charge is 2.15. The maximum atomic E-state index is 11.3. The Morgan fingerprint density at radius 1 is 1.50 bits per heavy atom. The van der Waals surface area contributed by atoms with E-state index in [1.165, 1.54) is 4.88 Å². The van der Waals surface area contributed by atoms with Crippen LogP contribution >= 0.6 is 11.3 Å². The molecule has 1 amide bonds. The van der Waals surface area contributed by atoms with Crippen molar-refractivity contribution in [2.75, 3.05) is 17.2 Å². The summed E-state index contributed by atoms with van der Waals surface area (Å²) in [5, 5.41) is 7.27. The fourth-order valence-electron chi connectivity index (χ4n) is 1.98. The Bertz CT molecular complexity index is 639. The van der Waals surface area contributed by atoms with Gasteiger partial charge in [0.1, 0.15) is 5.75 Å². The number of hydrogen-bond donors (Lipinski definition) is 2. The molecule has 0 aliphatic carbocycles. The van der Waals surface area contributed by atoms with Gasteiger partial charge in [-0.1, -0.05) is 6.92 Å². The van der Waals surface area contributed by atoms with Crippen molar-refractivity contribution in [2.45, 2.75) is 19.9 Å². The molecule has 0 spiro atoms. The highest BCUT2D eigenvalue weighted by molar-refractivity contribution is 7.11. The first-order valence-corrected chi connectivity index (χ1v) is 7.30. The molecule has 20 heavy (non-hydrogen) atoms. The first-order chi connectivity index (χ1) is 9.74. The zero-order chi connectivity index (χ0) is 13.9. The molecule has 0 unspecified atom stereocenters. The molecule has 3 rings (SSSR count). The first kappa shape index (κ1) is 12.9. The van der Waals surface area contributed by atoms with Gasteiger partial charge < -0.3 is 15.4 Å². The molecule has 6 heteroatoms. The standard InChI is InChI=1S/C14H15N3O2S/c1-2-14-16-7-10(20-14)6-15-9-3-4-12-11(5-9)17-13(18)8-19-12/h3-5,7,15H,2,6,8H2,1H3,(H,17,18). The van der Waals surface area contributed by atoms with Gasteiger partial charge >= 0.3 is 0 Å². The van der Waals surface area contributed by atoms with Gasteiger partial charge in [-0.05, 0) is 24.6 Å². The molecule has 2 N–H and O–H groups in total. The molecule has 104 valence electrons. The summed E-state index contributed by atoms with van der Waals surface area (Å²) in [6.45, 7) is 2.91. The van der Waals surface area contributed by atoms with Crippen molar-refractivity contribution in [3.8, 4) is 5.75 Å². The Kier molecular flexibility index (Phi) is 3.56. The van der Waals surface area contributed by atoms with E-state index in [-0.39, 0.29) is 12.5 Å². The topological polar surface area (TPSA) is 63.2 Å². The first-order valence-electron chi connectivity index (χ1n) is 6.49. The normalized spacial score (nSPS) is 13.3. The molecule has 1 aromatic heterocycles. The van der Waals surface area contributed by atoms with Crippen molar-refractivity contribution >= 4 is 28.6 Å². The Labute approximate surface area is 121 Å². The number of rotatable bonds is 4. The van der Waals surface area contributed by atoms with Gasteiger partial charge in [0.15, 0.2) is 6.61 Å². The fraction of sp³-hybridized carbons (Fsp3) is 0.286. The van der Waals surface area contributed by atoms with Crippen LogP contribution in [-0.4, -0.2) is 17.5 Å². The molecule has 0 radical (unpaired) electrons. The second-order valence-electron chi connectivity index (χ2n) is 4.48. The number of aromatic nitrogens is 1. The van der Waals surface area contributed by atoms with E-state index in [0.717, 1.165) is 23.7 Å². The molecule has 2 heterocycles. The van der Waals surface area contributed by atoms with E-state index in [0.29, 0.717) is 11.4 Å². The summed E-state index contributed by atoms with van der Waals surface area (Å²) >= 11 is 1.71. The number of nitrogens with zero attached hydrogens (tertiary/aromatic N) is 1. The van der Waals surface area contributed by atoms with Crippen molar-refractivity contribution in [3.63, 3.8) is 0 Å². The van der Waals surface area contributed by atoms with Gasteiger partial charge in [0.05, 0.1) is 17.2 Å². The number of ether oxygens (including phenoxy) is 1. The molecule has 0 bridgehead atoms. The quantitative estimate of drug-likeness (QED) is 0.908. The Balaban J connectivity index is 1.68. The van der Waals surface area contributed by atoms with E-state index in [1.807, 2.05) is 24.4 Å².